The number of sulfonamides is 1. The van der Waals surface area contributed by atoms with Crippen molar-refractivity contribution >= 4 is 39.1 Å². The number of rotatable bonds is 12. The summed E-state index contributed by atoms with van der Waals surface area (Å²) in [7, 11) is -4.18. The molecule has 7 nitrogen and oxygen atoms in total. The standard InChI is InChI=1S/C38H44ClN3O4S/c1-27(2)31-16-20-33(21-17-31)42(47(45,46)34-22-12-28(3)13-23-34)26-36(43)41(25-30-14-18-32(39)19-15-30)35(37(44)40-38(4,5)6)24-29-10-8-7-9-11-29/h7-23,27,35H,24-26H2,1-6H3,(H,40,44). The minimum atomic E-state index is -4.18. The van der Waals surface area contributed by atoms with Gasteiger partial charge in [0.05, 0.1) is 10.6 Å². The highest BCUT2D eigenvalue weighted by Gasteiger charge is 2.35. The third-order valence-corrected chi connectivity index (χ3v) is 9.81. The molecule has 0 saturated heterocycles. The van der Waals surface area contributed by atoms with Crippen molar-refractivity contribution in [3.63, 3.8) is 0 Å². The maximum Gasteiger partial charge on any atom is 0.264 e. The van der Waals surface area contributed by atoms with Gasteiger partial charge in [0.15, 0.2) is 0 Å². The lowest BCUT2D eigenvalue weighted by molar-refractivity contribution is -0.140. The van der Waals surface area contributed by atoms with Crippen LogP contribution in [-0.4, -0.2) is 43.3 Å². The van der Waals surface area contributed by atoms with Crippen LogP contribution in [0, 0.1) is 6.92 Å². The Labute approximate surface area is 284 Å². The Morgan fingerprint density at radius 1 is 0.809 bits per heavy atom. The smallest absolute Gasteiger partial charge is 0.264 e. The summed E-state index contributed by atoms with van der Waals surface area (Å²) in [5.41, 5.74) is 3.35. The first-order chi connectivity index (χ1) is 22.1. The van der Waals surface area contributed by atoms with Crippen LogP contribution in [0.5, 0.6) is 0 Å². The molecule has 0 spiro atoms. The van der Waals surface area contributed by atoms with Crippen molar-refractivity contribution in [2.45, 2.75) is 76.9 Å². The van der Waals surface area contributed by atoms with Gasteiger partial charge in [0, 0.05) is 23.5 Å². The number of hydrogen-bond donors (Lipinski definition) is 1. The zero-order chi connectivity index (χ0) is 34.4. The van der Waals surface area contributed by atoms with Gasteiger partial charge in [0.1, 0.15) is 12.6 Å². The minimum absolute atomic E-state index is 0.0652. The third-order valence-electron chi connectivity index (χ3n) is 7.77. The first kappa shape index (κ1) is 35.7. The Kier molecular flexibility index (Phi) is 11.5. The molecule has 0 heterocycles. The molecule has 47 heavy (non-hydrogen) atoms. The zero-order valence-corrected chi connectivity index (χ0v) is 29.5. The second kappa shape index (κ2) is 15.2. The fraction of sp³-hybridized carbons (Fsp3) is 0.316. The van der Waals surface area contributed by atoms with Gasteiger partial charge in [-0.3, -0.25) is 13.9 Å². The van der Waals surface area contributed by atoms with E-state index < -0.39 is 34.1 Å². The number of halogens is 1. The molecule has 0 fully saturated rings. The fourth-order valence-electron chi connectivity index (χ4n) is 5.19. The molecule has 4 aromatic carbocycles. The van der Waals surface area contributed by atoms with E-state index in [0.717, 1.165) is 26.6 Å². The molecule has 0 aliphatic carbocycles. The number of carbonyl (C=O) groups is 2. The molecule has 0 aromatic heterocycles. The highest BCUT2D eigenvalue weighted by atomic mass is 35.5. The predicted octanol–water partition coefficient (Wildman–Crippen LogP) is 7.52. The topological polar surface area (TPSA) is 86.8 Å². The lowest BCUT2D eigenvalue weighted by atomic mass is 10.0. The van der Waals surface area contributed by atoms with Crippen LogP contribution in [0.15, 0.2) is 108 Å². The van der Waals surface area contributed by atoms with E-state index in [0.29, 0.717) is 10.7 Å². The van der Waals surface area contributed by atoms with Crippen LogP contribution < -0.4 is 9.62 Å². The van der Waals surface area contributed by atoms with Gasteiger partial charge in [-0.25, -0.2) is 8.42 Å². The Hall–Kier alpha value is -4.14. The van der Waals surface area contributed by atoms with Gasteiger partial charge in [-0.15, -0.1) is 0 Å². The summed E-state index contributed by atoms with van der Waals surface area (Å²) >= 11 is 6.17. The van der Waals surface area contributed by atoms with Crippen LogP contribution in [0.25, 0.3) is 0 Å². The highest BCUT2D eigenvalue weighted by molar-refractivity contribution is 7.92. The molecule has 1 atom stereocenters. The number of nitrogens with zero attached hydrogens (tertiary/aromatic N) is 2. The Morgan fingerprint density at radius 2 is 1.40 bits per heavy atom. The molecule has 1 N–H and O–H groups in total. The number of carbonyl (C=O) groups excluding carboxylic acids is 2. The summed E-state index contributed by atoms with van der Waals surface area (Å²) in [5.74, 6) is -0.616. The van der Waals surface area contributed by atoms with Gasteiger partial charge in [-0.2, -0.15) is 0 Å². The number of aryl methyl sites for hydroxylation is 1. The molecule has 0 aliphatic heterocycles. The zero-order valence-electron chi connectivity index (χ0n) is 27.9. The van der Waals surface area contributed by atoms with Crippen molar-refractivity contribution in [1.82, 2.24) is 10.2 Å². The van der Waals surface area contributed by atoms with E-state index >= 15 is 0 Å². The largest absolute Gasteiger partial charge is 0.350 e. The van der Waals surface area contributed by atoms with E-state index in [1.165, 1.54) is 4.90 Å². The van der Waals surface area contributed by atoms with Crippen LogP contribution in [0.1, 0.15) is 62.8 Å². The Morgan fingerprint density at radius 3 is 1.96 bits per heavy atom. The molecule has 9 heteroatoms. The first-order valence-electron chi connectivity index (χ1n) is 15.7. The van der Waals surface area contributed by atoms with E-state index in [2.05, 4.69) is 19.2 Å². The number of nitrogens with one attached hydrogen (secondary N) is 1. The van der Waals surface area contributed by atoms with E-state index in [9.17, 15) is 18.0 Å². The maximum absolute atomic E-state index is 14.6. The SMILES string of the molecule is Cc1ccc(S(=O)(=O)N(CC(=O)N(Cc2ccc(Cl)cc2)C(Cc2ccccc2)C(=O)NC(C)(C)C)c2ccc(C(C)C)cc2)cc1. The normalized spacial score (nSPS) is 12.4. The van der Waals surface area contributed by atoms with E-state index in [4.69, 9.17) is 11.6 Å². The molecule has 2 amide bonds. The van der Waals surface area contributed by atoms with Crippen molar-refractivity contribution < 1.29 is 18.0 Å². The minimum Gasteiger partial charge on any atom is -0.350 e. The van der Waals surface area contributed by atoms with Crippen LogP contribution in [0.3, 0.4) is 0 Å². The molecule has 0 saturated carbocycles. The third kappa shape index (κ3) is 9.69. The monoisotopic (exact) mass is 673 g/mol. The summed E-state index contributed by atoms with van der Waals surface area (Å²) in [4.78, 5) is 30.2. The number of amides is 2. The van der Waals surface area contributed by atoms with Gasteiger partial charge in [-0.05, 0) is 86.7 Å². The van der Waals surface area contributed by atoms with Gasteiger partial charge in [-0.1, -0.05) is 97.7 Å². The predicted molar refractivity (Wildman–Crippen MR) is 190 cm³/mol. The average Bonchev–Trinajstić information content (AvgIpc) is 3.02. The van der Waals surface area contributed by atoms with Gasteiger partial charge in [0.25, 0.3) is 10.0 Å². The number of anilines is 1. The van der Waals surface area contributed by atoms with Crippen molar-refractivity contribution in [2.75, 3.05) is 10.8 Å². The molecule has 4 aromatic rings. The first-order valence-corrected chi connectivity index (χ1v) is 17.5. The summed E-state index contributed by atoms with van der Waals surface area (Å²) in [6.45, 7) is 11.2. The summed E-state index contributed by atoms with van der Waals surface area (Å²) in [5, 5.41) is 3.59. The number of hydrogen-bond acceptors (Lipinski definition) is 4. The quantitative estimate of drug-likeness (QED) is 0.169. The fourth-order valence-corrected chi connectivity index (χ4v) is 6.73. The molecule has 0 aliphatic rings. The van der Waals surface area contributed by atoms with Crippen LogP contribution in [-0.2, 0) is 32.6 Å². The van der Waals surface area contributed by atoms with E-state index in [1.807, 2.05) is 70.2 Å². The highest BCUT2D eigenvalue weighted by Crippen LogP contribution is 2.27. The molecule has 1 unspecified atom stereocenters. The number of benzene rings is 4. The summed E-state index contributed by atoms with van der Waals surface area (Å²) < 4.78 is 29.7. The molecule has 0 radical (unpaired) electrons. The average molecular weight is 674 g/mol. The lowest BCUT2D eigenvalue weighted by Crippen LogP contribution is -2.56. The maximum atomic E-state index is 14.6. The summed E-state index contributed by atoms with van der Waals surface area (Å²) in [6, 6.07) is 29.4. The Bertz CT molecular complexity index is 1750. The van der Waals surface area contributed by atoms with Crippen molar-refractivity contribution in [3.8, 4) is 0 Å². The molecule has 4 rings (SSSR count). The molecule has 0 bridgehead atoms. The van der Waals surface area contributed by atoms with E-state index in [1.54, 1.807) is 60.7 Å². The van der Waals surface area contributed by atoms with Crippen molar-refractivity contribution in [3.05, 3.63) is 130 Å². The van der Waals surface area contributed by atoms with Crippen LogP contribution in [0.2, 0.25) is 5.02 Å². The van der Waals surface area contributed by atoms with Gasteiger partial charge < -0.3 is 10.2 Å². The second-order valence-corrected chi connectivity index (χ2v) is 15.5. The van der Waals surface area contributed by atoms with Crippen LogP contribution in [0.4, 0.5) is 5.69 Å². The Balaban J connectivity index is 1.82. The van der Waals surface area contributed by atoms with Crippen molar-refractivity contribution in [2.24, 2.45) is 0 Å². The molecular weight excluding hydrogens is 630 g/mol. The summed E-state index contributed by atoms with van der Waals surface area (Å²) in [6.07, 6.45) is 0.232. The van der Waals surface area contributed by atoms with Crippen molar-refractivity contribution in [1.29, 1.82) is 0 Å². The van der Waals surface area contributed by atoms with Gasteiger partial charge in [0.2, 0.25) is 11.8 Å². The van der Waals surface area contributed by atoms with Gasteiger partial charge >= 0.3 is 0 Å². The molecular formula is C38H44ClN3O4S. The van der Waals surface area contributed by atoms with E-state index in [-0.39, 0.29) is 29.7 Å². The van der Waals surface area contributed by atoms with Crippen LogP contribution >= 0.6 is 11.6 Å². The molecule has 248 valence electrons. The second-order valence-electron chi connectivity index (χ2n) is 13.2. The lowest BCUT2D eigenvalue weighted by Gasteiger charge is -2.35.